The second-order valence-electron chi connectivity index (χ2n) is 5.06. The molecule has 6 nitrogen and oxygen atoms in total. The second-order valence-corrected chi connectivity index (χ2v) is 5.47. The van der Waals surface area contributed by atoms with Crippen molar-refractivity contribution in [2.75, 3.05) is 33.4 Å². The van der Waals surface area contributed by atoms with E-state index in [4.69, 9.17) is 21.1 Å². The fraction of sp³-hybridized carbons (Fsp3) is 0.312. The number of aromatic nitrogens is 2. The van der Waals surface area contributed by atoms with Crippen LogP contribution in [-0.2, 0) is 4.74 Å². The van der Waals surface area contributed by atoms with E-state index in [2.05, 4.69) is 10.2 Å². The summed E-state index contributed by atoms with van der Waals surface area (Å²) in [5.74, 6) is 0.365. The highest BCUT2D eigenvalue weighted by Crippen LogP contribution is 2.26. The summed E-state index contributed by atoms with van der Waals surface area (Å²) in [5.41, 5.74) is 1.94. The highest BCUT2D eigenvalue weighted by atomic mass is 35.5. The molecule has 1 aliphatic heterocycles. The molecule has 1 fully saturated rings. The Balaban J connectivity index is 1.83. The van der Waals surface area contributed by atoms with E-state index in [9.17, 15) is 4.79 Å². The van der Waals surface area contributed by atoms with Crippen molar-refractivity contribution in [1.82, 2.24) is 15.1 Å². The Morgan fingerprint density at radius 1 is 1.22 bits per heavy atom. The molecule has 0 bridgehead atoms. The molecule has 7 heteroatoms. The fourth-order valence-corrected chi connectivity index (χ4v) is 2.63. The summed E-state index contributed by atoms with van der Waals surface area (Å²) in [5, 5.41) is 8.41. The number of hydrogen-bond donors (Lipinski definition) is 0. The monoisotopic (exact) mass is 333 g/mol. The van der Waals surface area contributed by atoms with Crippen LogP contribution < -0.4 is 4.74 Å². The van der Waals surface area contributed by atoms with Crippen LogP contribution in [0.4, 0.5) is 0 Å². The number of carbonyl (C=O) groups is 1. The molecule has 0 radical (unpaired) electrons. The molecule has 0 spiro atoms. The lowest BCUT2D eigenvalue weighted by molar-refractivity contribution is 0.0303. The maximum atomic E-state index is 12.5. The Kier molecular flexibility index (Phi) is 4.73. The van der Waals surface area contributed by atoms with Crippen molar-refractivity contribution in [3.63, 3.8) is 0 Å². The number of carbonyl (C=O) groups excluding carboxylic acids is 1. The number of hydrogen-bond acceptors (Lipinski definition) is 5. The van der Waals surface area contributed by atoms with E-state index < -0.39 is 0 Å². The quantitative estimate of drug-likeness (QED) is 0.862. The average molecular weight is 334 g/mol. The number of morpholine rings is 1. The standard InChI is InChI=1S/C16H16ClN3O3/c1-22-15-5-4-14(18-19-15)11-2-3-12(13(17)10-11)16(21)20-6-8-23-9-7-20/h2-5,10H,6-9H2,1H3. The molecule has 1 aromatic carbocycles. The van der Waals surface area contributed by atoms with Gasteiger partial charge in [-0.3, -0.25) is 4.79 Å². The Morgan fingerprint density at radius 3 is 2.61 bits per heavy atom. The molecule has 1 aliphatic rings. The molecule has 2 aromatic rings. The van der Waals surface area contributed by atoms with Crippen LogP contribution in [0.5, 0.6) is 5.88 Å². The lowest BCUT2D eigenvalue weighted by atomic mass is 10.1. The zero-order valence-electron chi connectivity index (χ0n) is 12.7. The third-order valence-electron chi connectivity index (χ3n) is 3.64. The summed E-state index contributed by atoms with van der Waals surface area (Å²) >= 11 is 6.30. The van der Waals surface area contributed by atoms with E-state index in [-0.39, 0.29) is 5.91 Å². The first-order chi connectivity index (χ1) is 11.2. The number of halogens is 1. The molecule has 3 rings (SSSR count). The summed E-state index contributed by atoms with van der Waals surface area (Å²) in [6.45, 7) is 2.29. The first-order valence-corrected chi connectivity index (χ1v) is 7.61. The minimum atomic E-state index is -0.0781. The van der Waals surface area contributed by atoms with Crippen LogP contribution >= 0.6 is 11.6 Å². The van der Waals surface area contributed by atoms with Gasteiger partial charge in [-0.1, -0.05) is 17.7 Å². The molecular formula is C16H16ClN3O3. The van der Waals surface area contributed by atoms with Gasteiger partial charge in [0.2, 0.25) is 5.88 Å². The SMILES string of the molecule is COc1ccc(-c2ccc(C(=O)N3CCOCC3)c(Cl)c2)nn1. The van der Waals surface area contributed by atoms with Crippen molar-refractivity contribution in [3.8, 4) is 17.1 Å². The zero-order chi connectivity index (χ0) is 16.2. The molecule has 0 N–H and O–H groups in total. The van der Waals surface area contributed by atoms with Gasteiger partial charge >= 0.3 is 0 Å². The third-order valence-corrected chi connectivity index (χ3v) is 3.96. The predicted octanol–water partition coefficient (Wildman–Crippen LogP) is 2.28. The van der Waals surface area contributed by atoms with Crippen LogP contribution in [0.1, 0.15) is 10.4 Å². The maximum Gasteiger partial charge on any atom is 0.255 e. The van der Waals surface area contributed by atoms with Gasteiger partial charge in [0, 0.05) is 24.7 Å². The maximum absolute atomic E-state index is 12.5. The molecule has 23 heavy (non-hydrogen) atoms. The van der Waals surface area contributed by atoms with E-state index in [0.717, 1.165) is 5.56 Å². The lowest BCUT2D eigenvalue weighted by Gasteiger charge is -2.27. The summed E-state index contributed by atoms with van der Waals surface area (Å²) in [4.78, 5) is 14.2. The van der Waals surface area contributed by atoms with E-state index >= 15 is 0 Å². The van der Waals surface area contributed by atoms with Gasteiger partial charge in [-0.25, -0.2) is 0 Å². The molecule has 0 saturated carbocycles. The second kappa shape index (κ2) is 6.93. The first kappa shape index (κ1) is 15.7. The number of amides is 1. The molecular weight excluding hydrogens is 318 g/mol. The van der Waals surface area contributed by atoms with Gasteiger partial charge in [0.15, 0.2) is 0 Å². The normalized spacial score (nSPS) is 14.6. The molecule has 120 valence electrons. The molecule has 2 heterocycles. The average Bonchev–Trinajstić information content (AvgIpc) is 2.62. The third kappa shape index (κ3) is 3.43. The van der Waals surface area contributed by atoms with Gasteiger partial charge in [0.05, 0.1) is 36.6 Å². The highest BCUT2D eigenvalue weighted by molar-refractivity contribution is 6.34. The topological polar surface area (TPSA) is 64.5 Å². The van der Waals surface area contributed by atoms with E-state index in [0.29, 0.717) is 48.5 Å². The highest BCUT2D eigenvalue weighted by Gasteiger charge is 2.21. The Hall–Kier alpha value is -2.18. The first-order valence-electron chi connectivity index (χ1n) is 7.23. The van der Waals surface area contributed by atoms with Crippen molar-refractivity contribution in [1.29, 1.82) is 0 Å². The zero-order valence-corrected chi connectivity index (χ0v) is 13.4. The van der Waals surface area contributed by atoms with Gasteiger partial charge in [0.1, 0.15) is 0 Å². The van der Waals surface area contributed by atoms with Crippen LogP contribution in [0, 0.1) is 0 Å². The number of methoxy groups -OCH3 is 1. The van der Waals surface area contributed by atoms with Crippen LogP contribution in [0.3, 0.4) is 0 Å². The van der Waals surface area contributed by atoms with Crippen molar-refractivity contribution in [3.05, 3.63) is 40.9 Å². The van der Waals surface area contributed by atoms with Crippen LogP contribution in [0.15, 0.2) is 30.3 Å². The number of rotatable bonds is 3. The van der Waals surface area contributed by atoms with Crippen LogP contribution in [0.25, 0.3) is 11.3 Å². The molecule has 0 unspecified atom stereocenters. The Morgan fingerprint density at radius 2 is 2.00 bits per heavy atom. The minimum Gasteiger partial charge on any atom is -0.480 e. The molecule has 1 saturated heterocycles. The van der Waals surface area contributed by atoms with E-state index in [1.807, 2.05) is 6.07 Å². The van der Waals surface area contributed by atoms with Crippen molar-refractivity contribution in [2.45, 2.75) is 0 Å². The van der Waals surface area contributed by atoms with Crippen molar-refractivity contribution >= 4 is 17.5 Å². The predicted molar refractivity (Wildman–Crippen MR) is 85.8 cm³/mol. The molecule has 1 aromatic heterocycles. The number of ether oxygens (including phenoxy) is 2. The van der Waals surface area contributed by atoms with E-state index in [1.165, 1.54) is 7.11 Å². The summed E-state index contributed by atoms with van der Waals surface area (Å²) in [6, 6.07) is 8.78. The van der Waals surface area contributed by atoms with E-state index in [1.54, 1.807) is 29.2 Å². The minimum absolute atomic E-state index is 0.0781. The number of benzene rings is 1. The smallest absolute Gasteiger partial charge is 0.255 e. The van der Waals surface area contributed by atoms with Crippen LogP contribution in [0.2, 0.25) is 5.02 Å². The van der Waals surface area contributed by atoms with Gasteiger partial charge in [-0.05, 0) is 18.2 Å². The Bertz CT molecular complexity index is 700. The van der Waals surface area contributed by atoms with Crippen molar-refractivity contribution < 1.29 is 14.3 Å². The molecule has 0 aliphatic carbocycles. The number of nitrogens with zero attached hydrogens (tertiary/aromatic N) is 3. The van der Waals surface area contributed by atoms with Gasteiger partial charge < -0.3 is 14.4 Å². The summed E-state index contributed by atoms with van der Waals surface area (Å²) in [7, 11) is 1.53. The molecule has 0 atom stereocenters. The molecule has 1 amide bonds. The Labute approximate surface area is 139 Å². The van der Waals surface area contributed by atoms with Gasteiger partial charge in [0.25, 0.3) is 5.91 Å². The van der Waals surface area contributed by atoms with Crippen LogP contribution in [-0.4, -0.2) is 54.4 Å². The fourth-order valence-electron chi connectivity index (χ4n) is 2.37. The van der Waals surface area contributed by atoms with Gasteiger partial charge in [-0.2, -0.15) is 0 Å². The summed E-state index contributed by atoms with van der Waals surface area (Å²) < 4.78 is 10.2. The largest absolute Gasteiger partial charge is 0.480 e. The van der Waals surface area contributed by atoms with Crippen molar-refractivity contribution in [2.24, 2.45) is 0 Å². The lowest BCUT2D eigenvalue weighted by Crippen LogP contribution is -2.40. The summed E-state index contributed by atoms with van der Waals surface area (Å²) in [6.07, 6.45) is 0. The van der Waals surface area contributed by atoms with Gasteiger partial charge in [-0.15, -0.1) is 10.2 Å².